The maximum Gasteiger partial charge on any atom is 0.244 e. The largest absolute Gasteiger partial charge is 0.310 e. The van der Waals surface area contributed by atoms with Crippen molar-refractivity contribution in [1.82, 2.24) is 4.90 Å². The molecule has 126 valence electrons. The first-order chi connectivity index (χ1) is 11.5. The number of anilines is 1. The van der Waals surface area contributed by atoms with E-state index in [2.05, 4.69) is 36.1 Å². The number of aryl methyl sites for hydroxylation is 2. The van der Waals surface area contributed by atoms with E-state index in [9.17, 15) is 4.79 Å². The van der Waals surface area contributed by atoms with Crippen LogP contribution in [0.4, 0.5) is 5.69 Å². The summed E-state index contributed by atoms with van der Waals surface area (Å²) in [6.07, 6.45) is 0. The predicted molar refractivity (Wildman–Crippen MR) is 99.6 cm³/mol. The fraction of sp³-hybridized carbons (Fsp3) is 0.350. The number of hydrogen-bond acceptors (Lipinski definition) is 2. The van der Waals surface area contributed by atoms with Crippen LogP contribution in [0.25, 0.3) is 0 Å². The molecule has 1 heterocycles. The number of carbonyl (C=O) groups is 1. The molecule has 0 aromatic heterocycles. The molecule has 0 bridgehead atoms. The van der Waals surface area contributed by atoms with E-state index in [1.165, 1.54) is 11.1 Å². The Kier molecular flexibility index (Phi) is 4.93. The summed E-state index contributed by atoms with van der Waals surface area (Å²) in [6, 6.07) is 14.1. The number of halogens is 1. The van der Waals surface area contributed by atoms with Gasteiger partial charge in [0.15, 0.2) is 0 Å². The van der Waals surface area contributed by atoms with Crippen molar-refractivity contribution in [2.75, 3.05) is 18.0 Å². The van der Waals surface area contributed by atoms with Crippen LogP contribution < -0.4 is 4.90 Å². The predicted octanol–water partition coefficient (Wildman–Crippen LogP) is 4.19. The van der Waals surface area contributed by atoms with E-state index in [-0.39, 0.29) is 11.9 Å². The zero-order valence-corrected chi connectivity index (χ0v) is 15.2. The van der Waals surface area contributed by atoms with Crippen LogP contribution in [0.2, 0.25) is 5.02 Å². The second-order valence-corrected chi connectivity index (χ2v) is 6.99. The molecule has 0 aliphatic carbocycles. The summed E-state index contributed by atoms with van der Waals surface area (Å²) in [7, 11) is 0. The van der Waals surface area contributed by atoms with Gasteiger partial charge in [-0.1, -0.05) is 41.4 Å². The summed E-state index contributed by atoms with van der Waals surface area (Å²) < 4.78 is 0. The lowest BCUT2D eigenvalue weighted by Gasteiger charge is -2.39. The SMILES string of the molecule is Cc1cccc(CN2CCN(c3ccc(Cl)cc3C)C(=O)[C@@H]2C)c1. The van der Waals surface area contributed by atoms with Crippen LogP contribution in [-0.4, -0.2) is 29.9 Å². The Balaban J connectivity index is 1.76. The summed E-state index contributed by atoms with van der Waals surface area (Å²) in [4.78, 5) is 17.0. The van der Waals surface area contributed by atoms with Gasteiger partial charge in [-0.05, 0) is 50.1 Å². The first-order valence-electron chi connectivity index (χ1n) is 8.33. The zero-order valence-electron chi connectivity index (χ0n) is 14.4. The van der Waals surface area contributed by atoms with Crippen molar-refractivity contribution in [2.24, 2.45) is 0 Å². The van der Waals surface area contributed by atoms with Gasteiger partial charge in [0.2, 0.25) is 5.91 Å². The van der Waals surface area contributed by atoms with E-state index in [1.807, 2.05) is 36.9 Å². The first kappa shape index (κ1) is 17.0. The number of benzene rings is 2. The third-order valence-electron chi connectivity index (χ3n) is 4.70. The van der Waals surface area contributed by atoms with E-state index in [4.69, 9.17) is 11.6 Å². The highest BCUT2D eigenvalue weighted by molar-refractivity contribution is 6.30. The average Bonchev–Trinajstić information content (AvgIpc) is 2.53. The Morgan fingerprint density at radius 1 is 1.12 bits per heavy atom. The smallest absolute Gasteiger partial charge is 0.244 e. The Labute approximate surface area is 148 Å². The van der Waals surface area contributed by atoms with Gasteiger partial charge in [-0.2, -0.15) is 0 Å². The third-order valence-corrected chi connectivity index (χ3v) is 4.93. The fourth-order valence-electron chi connectivity index (χ4n) is 3.34. The van der Waals surface area contributed by atoms with E-state index < -0.39 is 0 Å². The first-order valence-corrected chi connectivity index (χ1v) is 8.70. The van der Waals surface area contributed by atoms with Crippen LogP contribution in [0.3, 0.4) is 0 Å². The number of amides is 1. The molecule has 0 N–H and O–H groups in total. The average molecular weight is 343 g/mol. The van der Waals surface area contributed by atoms with Crippen molar-refractivity contribution in [1.29, 1.82) is 0 Å². The van der Waals surface area contributed by atoms with Crippen LogP contribution in [0.15, 0.2) is 42.5 Å². The van der Waals surface area contributed by atoms with E-state index in [1.54, 1.807) is 0 Å². The molecule has 0 spiro atoms. The van der Waals surface area contributed by atoms with Crippen LogP contribution in [-0.2, 0) is 11.3 Å². The minimum atomic E-state index is -0.130. The molecule has 0 saturated carbocycles. The minimum absolute atomic E-state index is 0.130. The summed E-state index contributed by atoms with van der Waals surface area (Å²) in [6.45, 7) is 8.47. The van der Waals surface area contributed by atoms with Gasteiger partial charge < -0.3 is 4.90 Å². The molecule has 24 heavy (non-hydrogen) atoms. The molecular weight excluding hydrogens is 320 g/mol. The van der Waals surface area contributed by atoms with E-state index in [0.717, 1.165) is 24.3 Å². The molecule has 0 unspecified atom stereocenters. The molecule has 1 saturated heterocycles. The molecule has 3 nitrogen and oxygen atoms in total. The Morgan fingerprint density at radius 3 is 2.62 bits per heavy atom. The molecule has 1 aliphatic rings. The van der Waals surface area contributed by atoms with Crippen LogP contribution >= 0.6 is 11.6 Å². The maximum atomic E-state index is 12.9. The number of nitrogens with zero attached hydrogens (tertiary/aromatic N) is 2. The molecule has 0 radical (unpaired) electrons. The van der Waals surface area contributed by atoms with Gasteiger partial charge >= 0.3 is 0 Å². The van der Waals surface area contributed by atoms with Gasteiger partial charge in [-0.15, -0.1) is 0 Å². The van der Waals surface area contributed by atoms with Crippen molar-refractivity contribution in [3.63, 3.8) is 0 Å². The third kappa shape index (κ3) is 3.47. The number of piperazine rings is 1. The summed E-state index contributed by atoms with van der Waals surface area (Å²) >= 11 is 6.04. The fourth-order valence-corrected chi connectivity index (χ4v) is 3.56. The lowest BCUT2D eigenvalue weighted by molar-refractivity contribution is -0.125. The zero-order chi connectivity index (χ0) is 17.3. The summed E-state index contributed by atoms with van der Waals surface area (Å²) in [5, 5.41) is 0.704. The molecular formula is C20H23ClN2O. The Bertz CT molecular complexity index is 759. The van der Waals surface area contributed by atoms with E-state index in [0.29, 0.717) is 11.6 Å². The van der Waals surface area contributed by atoms with Crippen LogP contribution in [0, 0.1) is 13.8 Å². The van der Waals surface area contributed by atoms with E-state index >= 15 is 0 Å². The topological polar surface area (TPSA) is 23.6 Å². The van der Waals surface area contributed by atoms with Gasteiger partial charge in [0.1, 0.15) is 0 Å². The van der Waals surface area contributed by atoms with Crippen molar-refractivity contribution in [3.8, 4) is 0 Å². The van der Waals surface area contributed by atoms with Crippen molar-refractivity contribution in [2.45, 2.75) is 33.4 Å². The lowest BCUT2D eigenvalue weighted by atomic mass is 10.1. The molecule has 3 rings (SSSR count). The molecule has 2 aromatic carbocycles. The number of rotatable bonds is 3. The molecule has 1 atom stereocenters. The maximum absolute atomic E-state index is 12.9. The van der Waals surface area contributed by atoms with Gasteiger partial charge in [0.05, 0.1) is 6.04 Å². The van der Waals surface area contributed by atoms with Crippen LogP contribution in [0.5, 0.6) is 0 Å². The molecule has 1 amide bonds. The second kappa shape index (κ2) is 6.96. The molecule has 4 heteroatoms. The monoisotopic (exact) mass is 342 g/mol. The highest BCUT2D eigenvalue weighted by Crippen LogP contribution is 2.27. The number of hydrogen-bond donors (Lipinski definition) is 0. The standard InChI is InChI=1S/C20H23ClN2O/c1-14-5-4-6-17(11-14)13-22-9-10-23(20(24)16(22)3)19-8-7-18(21)12-15(19)2/h4-8,11-12,16H,9-10,13H2,1-3H3/t16-/m0/s1. The Morgan fingerprint density at radius 2 is 1.92 bits per heavy atom. The normalized spacial score (nSPS) is 18.9. The highest BCUT2D eigenvalue weighted by Gasteiger charge is 2.32. The minimum Gasteiger partial charge on any atom is -0.310 e. The van der Waals surface area contributed by atoms with Crippen molar-refractivity contribution in [3.05, 3.63) is 64.2 Å². The van der Waals surface area contributed by atoms with Gasteiger partial charge in [0.25, 0.3) is 0 Å². The second-order valence-electron chi connectivity index (χ2n) is 6.56. The van der Waals surface area contributed by atoms with Crippen LogP contribution in [0.1, 0.15) is 23.6 Å². The summed E-state index contributed by atoms with van der Waals surface area (Å²) in [5.41, 5.74) is 4.51. The van der Waals surface area contributed by atoms with Gasteiger partial charge in [-0.3, -0.25) is 9.69 Å². The molecule has 1 aliphatic heterocycles. The van der Waals surface area contributed by atoms with Gasteiger partial charge in [-0.25, -0.2) is 0 Å². The highest BCUT2D eigenvalue weighted by atomic mass is 35.5. The molecule has 2 aromatic rings. The van der Waals surface area contributed by atoms with Crippen molar-refractivity contribution >= 4 is 23.2 Å². The van der Waals surface area contributed by atoms with Crippen molar-refractivity contribution < 1.29 is 4.79 Å². The van der Waals surface area contributed by atoms with Gasteiger partial charge in [0, 0.05) is 30.3 Å². The molecule has 1 fully saturated rings. The quantitative estimate of drug-likeness (QED) is 0.834. The lowest BCUT2D eigenvalue weighted by Crippen LogP contribution is -2.55. The Hall–Kier alpha value is -1.84. The number of carbonyl (C=O) groups excluding carboxylic acids is 1. The summed E-state index contributed by atoms with van der Waals surface area (Å²) in [5.74, 6) is 0.152.